The summed E-state index contributed by atoms with van der Waals surface area (Å²) in [4.78, 5) is 2.64. The highest BCUT2D eigenvalue weighted by Crippen LogP contribution is 2.23. The van der Waals surface area contributed by atoms with Crippen LogP contribution in [-0.4, -0.2) is 30.6 Å². The van der Waals surface area contributed by atoms with E-state index >= 15 is 0 Å². The lowest BCUT2D eigenvalue weighted by molar-refractivity contribution is 0.175. The molecule has 1 saturated carbocycles. The van der Waals surface area contributed by atoms with Crippen molar-refractivity contribution in [1.29, 1.82) is 0 Å². The Labute approximate surface area is 123 Å². The number of piperidine rings is 1. The standard InChI is InChI=1S/C18H28N2/c1-14-4-3-5-15(2)18(14)13-20-10-8-16(9-11-20)12-19-17-6-7-17/h3-5,16-17,19H,6-13H2,1-2H3. The molecule has 2 heteroatoms. The molecule has 1 aromatic carbocycles. The highest BCUT2D eigenvalue weighted by Gasteiger charge is 2.24. The Bertz CT molecular complexity index is 422. The molecule has 110 valence electrons. The van der Waals surface area contributed by atoms with Gasteiger partial charge in [0.25, 0.3) is 0 Å². The average Bonchev–Trinajstić information content (AvgIpc) is 3.26. The molecule has 20 heavy (non-hydrogen) atoms. The minimum absolute atomic E-state index is 0.864. The molecule has 1 aromatic rings. The third-order valence-electron chi connectivity index (χ3n) is 5.01. The molecule has 0 atom stereocenters. The van der Waals surface area contributed by atoms with Crippen LogP contribution < -0.4 is 5.32 Å². The van der Waals surface area contributed by atoms with Gasteiger partial charge in [0.1, 0.15) is 0 Å². The number of aryl methyl sites for hydroxylation is 2. The molecule has 1 heterocycles. The fourth-order valence-corrected chi connectivity index (χ4v) is 3.29. The van der Waals surface area contributed by atoms with Crippen LogP contribution in [0.4, 0.5) is 0 Å². The van der Waals surface area contributed by atoms with Crippen molar-refractivity contribution >= 4 is 0 Å². The first-order chi connectivity index (χ1) is 9.72. The van der Waals surface area contributed by atoms with Crippen molar-refractivity contribution in [2.24, 2.45) is 5.92 Å². The molecule has 0 bridgehead atoms. The molecule has 2 nitrogen and oxygen atoms in total. The van der Waals surface area contributed by atoms with E-state index in [4.69, 9.17) is 0 Å². The summed E-state index contributed by atoms with van der Waals surface area (Å²) in [6.07, 6.45) is 5.55. The average molecular weight is 272 g/mol. The predicted octanol–water partition coefficient (Wildman–Crippen LogP) is 3.27. The van der Waals surface area contributed by atoms with E-state index in [9.17, 15) is 0 Å². The van der Waals surface area contributed by atoms with Crippen molar-refractivity contribution in [2.45, 2.75) is 52.1 Å². The van der Waals surface area contributed by atoms with Crippen molar-refractivity contribution in [1.82, 2.24) is 10.2 Å². The second kappa shape index (κ2) is 6.28. The van der Waals surface area contributed by atoms with E-state index < -0.39 is 0 Å². The molecule has 3 rings (SSSR count). The Morgan fingerprint density at radius 3 is 2.30 bits per heavy atom. The van der Waals surface area contributed by atoms with Crippen LogP contribution in [0.2, 0.25) is 0 Å². The molecule has 0 unspecified atom stereocenters. The molecular formula is C18H28N2. The summed E-state index contributed by atoms with van der Waals surface area (Å²) in [6.45, 7) is 9.42. The van der Waals surface area contributed by atoms with Gasteiger partial charge in [-0.3, -0.25) is 4.90 Å². The van der Waals surface area contributed by atoms with E-state index in [2.05, 4.69) is 42.3 Å². The van der Waals surface area contributed by atoms with Crippen LogP contribution >= 0.6 is 0 Å². The first-order valence-electron chi connectivity index (χ1n) is 8.23. The minimum atomic E-state index is 0.864. The fraction of sp³-hybridized carbons (Fsp3) is 0.667. The Balaban J connectivity index is 1.48. The lowest BCUT2D eigenvalue weighted by Gasteiger charge is -2.32. The number of rotatable bonds is 5. The van der Waals surface area contributed by atoms with Gasteiger partial charge in [0.2, 0.25) is 0 Å². The van der Waals surface area contributed by atoms with E-state index in [0.29, 0.717) is 0 Å². The van der Waals surface area contributed by atoms with Crippen LogP contribution in [0.5, 0.6) is 0 Å². The van der Waals surface area contributed by atoms with E-state index in [-0.39, 0.29) is 0 Å². The van der Waals surface area contributed by atoms with Gasteiger partial charge >= 0.3 is 0 Å². The lowest BCUT2D eigenvalue weighted by Crippen LogP contribution is -2.37. The van der Waals surface area contributed by atoms with Gasteiger partial charge in [0, 0.05) is 12.6 Å². The Morgan fingerprint density at radius 1 is 1.05 bits per heavy atom. The predicted molar refractivity (Wildman–Crippen MR) is 84.9 cm³/mol. The molecule has 0 spiro atoms. The number of nitrogens with zero attached hydrogens (tertiary/aromatic N) is 1. The van der Waals surface area contributed by atoms with Gasteiger partial charge < -0.3 is 5.32 Å². The minimum Gasteiger partial charge on any atom is -0.314 e. The summed E-state index contributed by atoms with van der Waals surface area (Å²) in [6, 6.07) is 7.52. The monoisotopic (exact) mass is 272 g/mol. The summed E-state index contributed by atoms with van der Waals surface area (Å²) in [7, 11) is 0. The molecule has 1 saturated heterocycles. The van der Waals surface area contributed by atoms with Gasteiger partial charge in [-0.25, -0.2) is 0 Å². The molecule has 0 radical (unpaired) electrons. The maximum Gasteiger partial charge on any atom is 0.0238 e. The number of nitrogens with one attached hydrogen (secondary N) is 1. The summed E-state index contributed by atoms with van der Waals surface area (Å²) in [5.41, 5.74) is 4.44. The van der Waals surface area contributed by atoms with Crippen molar-refractivity contribution in [3.05, 3.63) is 34.9 Å². The maximum atomic E-state index is 3.69. The number of benzene rings is 1. The zero-order valence-corrected chi connectivity index (χ0v) is 13.0. The van der Waals surface area contributed by atoms with Gasteiger partial charge in [-0.2, -0.15) is 0 Å². The topological polar surface area (TPSA) is 15.3 Å². The van der Waals surface area contributed by atoms with Crippen LogP contribution in [-0.2, 0) is 6.54 Å². The molecule has 2 aliphatic rings. The third-order valence-corrected chi connectivity index (χ3v) is 5.01. The van der Waals surface area contributed by atoms with Crippen LogP contribution in [0.15, 0.2) is 18.2 Å². The maximum absolute atomic E-state index is 3.69. The van der Waals surface area contributed by atoms with Crippen LogP contribution in [0, 0.1) is 19.8 Å². The lowest BCUT2D eigenvalue weighted by atomic mass is 9.95. The summed E-state index contributed by atoms with van der Waals surface area (Å²) in [5, 5.41) is 3.69. The second-order valence-corrected chi connectivity index (χ2v) is 6.77. The van der Waals surface area contributed by atoms with Crippen LogP contribution in [0.1, 0.15) is 42.4 Å². The molecule has 0 amide bonds. The SMILES string of the molecule is Cc1cccc(C)c1CN1CCC(CNC2CC2)CC1. The summed E-state index contributed by atoms with van der Waals surface area (Å²) >= 11 is 0. The zero-order chi connectivity index (χ0) is 13.9. The smallest absolute Gasteiger partial charge is 0.0238 e. The fourth-order valence-electron chi connectivity index (χ4n) is 3.29. The van der Waals surface area contributed by atoms with Gasteiger partial charge in [0.15, 0.2) is 0 Å². The Kier molecular flexibility index (Phi) is 4.42. The van der Waals surface area contributed by atoms with Gasteiger partial charge in [-0.1, -0.05) is 18.2 Å². The van der Waals surface area contributed by atoms with Gasteiger partial charge in [-0.15, -0.1) is 0 Å². The van der Waals surface area contributed by atoms with Crippen molar-refractivity contribution in [3.8, 4) is 0 Å². The van der Waals surface area contributed by atoms with E-state index in [1.54, 1.807) is 5.56 Å². The molecule has 2 fully saturated rings. The second-order valence-electron chi connectivity index (χ2n) is 6.77. The van der Waals surface area contributed by atoms with Crippen molar-refractivity contribution < 1.29 is 0 Å². The molecule has 1 aliphatic heterocycles. The largest absolute Gasteiger partial charge is 0.314 e. The highest BCUT2D eigenvalue weighted by molar-refractivity contribution is 5.33. The Hall–Kier alpha value is -0.860. The molecular weight excluding hydrogens is 244 g/mol. The molecule has 0 aromatic heterocycles. The zero-order valence-electron chi connectivity index (χ0n) is 13.0. The summed E-state index contributed by atoms with van der Waals surface area (Å²) < 4.78 is 0. The number of hydrogen-bond donors (Lipinski definition) is 1. The normalized spacial score (nSPS) is 21.3. The van der Waals surface area contributed by atoms with Crippen LogP contribution in [0.3, 0.4) is 0 Å². The Morgan fingerprint density at radius 2 is 1.70 bits per heavy atom. The van der Waals surface area contributed by atoms with Crippen molar-refractivity contribution in [2.75, 3.05) is 19.6 Å². The molecule has 1 aliphatic carbocycles. The quantitative estimate of drug-likeness (QED) is 0.885. The highest BCUT2D eigenvalue weighted by atomic mass is 15.1. The third kappa shape index (κ3) is 3.62. The van der Waals surface area contributed by atoms with Gasteiger partial charge in [0.05, 0.1) is 0 Å². The first kappa shape index (κ1) is 14.1. The van der Waals surface area contributed by atoms with E-state index in [1.165, 1.54) is 56.4 Å². The molecule has 1 N–H and O–H groups in total. The first-order valence-corrected chi connectivity index (χ1v) is 8.23. The summed E-state index contributed by atoms with van der Waals surface area (Å²) in [5.74, 6) is 0.907. The van der Waals surface area contributed by atoms with Crippen LogP contribution in [0.25, 0.3) is 0 Å². The number of likely N-dealkylation sites (tertiary alicyclic amines) is 1. The van der Waals surface area contributed by atoms with E-state index in [0.717, 1.165) is 18.5 Å². The number of hydrogen-bond acceptors (Lipinski definition) is 2. The van der Waals surface area contributed by atoms with Crippen molar-refractivity contribution in [3.63, 3.8) is 0 Å². The van der Waals surface area contributed by atoms with E-state index in [1.807, 2.05) is 0 Å². The van der Waals surface area contributed by atoms with Gasteiger partial charge in [-0.05, 0) is 81.8 Å².